The van der Waals surface area contributed by atoms with Crippen LogP contribution in [0, 0.1) is 23.7 Å². The van der Waals surface area contributed by atoms with Crippen molar-refractivity contribution < 1.29 is 38.4 Å². The molecule has 0 aliphatic heterocycles. The molecule has 2 unspecified atom stereocenters. The van der Waals surface area contributed by atoms with Gasteiger partial charge in [-0.25, -0.2) is 9.59 Å². The number of aliphatic carboxylic acids is 1. The van der Waals surface area contributed by atoms with Crippen molar-refractivity contribution in [1.29, 1.82) is 0 Å². The molecule has 0 heterocycles. The largest absolute Gasteiger partial charge is 0.490 e. The van der Waals surface area contributed by atoms with Crippen molar-refractivity contribution in [3.8, 4) is 35.2 Å². The van der Waals surface area contributed by atoms with Crippen LogP contribution in [0.4, 0.5) is 0 Å². The summed E-state index contributed by atoms with van der Waals surface area (Å²) in [5.41, 5.74) is 5.30. The van der Waals surface area contributed by atoms with Crippen LogP contribution in [0.15, 0.2) is 96.1 Å². The van der Waals surface area contributed by atoms with Gasteiger partial charge in [-0.3, -0.25) is 0 Å². The molecule has 3 aromatic rings. The Bertz CT molecular complexity index is 1710. The number of rotatable bonds is 17. The van der Waals surface area contributed by atoms with Crippen LogP contribution in [0.2, 0.25) is 0 Å². The summed E-state index contributed by atoms with van der Waals surface area (Å²) in [7, 11) is 0. The lowest BCUT2D eigenvalue weighted by atomic mass is 10.1. The number of hydrogen-bond donors (Lipinski definition) is 1. The molecule has 8 heteroatoms. The first-order valence-corrected chi connectivity index (χ1v) is 16.7. The zero-order valence-electron chi connectivity index (χ0n) is 29.5. The molecular formula is C42H46O8. The lowest BCUT2D eigenvalue weighted by Gasteiger charge is -2.15. The summed E-state index contributed by atoms with van der Waals surface area (Å²) in [4.78, 5) is 23.4. The Labute approximate surface area is 296 Å². The van der Waals surface area contributed by atoms with Crippen LogP contribution in [0.5, 0.6) is 11.5 Å². The molecule has 0 saturated carbocycles. The Morgan fingerprint density at radius 3 is 1.58 bits per heavy atom. The van der Waals surface area contributed by atoms with Crippen molar-refractivity contribution in [1.82, 2.24) is 0 Å². The second-order valence-corrected chi connectivity index (χ2v) is 11.2. The van der Waals surface area contributed by atoms with Crippen molar-refractivity contribution in [3.63, 3.8) is 0 Å². The van der Waals surface area contributed by atoms with Crippen LogP contribution < -0.4 is 9.47 Å². The first kappa shape index (κ1) is 39.2. The minimum Gasteiger partial charge on any atom is -0.490 e. The minimum atomic E-state index is -0.971. The highest BCUT2D eigenvalue weighted by molar-refractivity contribution is 5.75. The van der Waals surface area contributed by atoms with Gasteiger partial charge >= 0.3 is 11.9 Å². The van der Waals surface area contributed by atoms with E-state index in [9.17, 15) is 14.7 Å². The Kier molecular flexibility index (Phi) is 16.9. The molecule has 0 bridgehead atoms. The summed E-state index contributed by atoms with van der Waals surface area (Å²) >= 11 is 0. The summed E-state index contributed by atoms with van der Waals surface area (Å²) in [6.07, 6.45) is 3.09. The van der Waals surface area contributed by atoms with Crippen molar-refractivity contribution in [2.75, 3.05) is 33.0 Å². The molecule has 262 valence electrons. The van der Waals surface area contributed by atoms with Gasteiger partial charge < -0.3 is 28.8 Å². The highest BCUT2D eigenvalue weighted by atomic mass is 16.6. The van der Waals surface area contributed by atoms with Gasteiger partial charge in [0.1, 0.15) is 24.7 Å². The number of benzene rings is 3. The van der Waals surface area contributed by atoms with Crippen molar-refractivity contribution in [2.24, 2.45) is 0 Å². The molecule has 0 aliphatic carbocycles. The maximum Gasteiger partial charge on any atom is 0.335 e. The number of carbonyl (C=O) groups is 2. The fraction of sp³-hybridized carbons (Fsp3) is 0.333. The van der Waals surface area contributed by atoms with Crippen molar-refractivity contribution >= 4 is 11.9 Å². The molecule has 50 heavy (non-hydrogen) atoms. The second kappa shape index (κ2) is 21.6. The number of carboxylic acids is 1. The first-order chi connectivity index (χ1) is 24.2. The number of ether oxygens (including phenoxy) is 5. The molecule has 8 nitrogen and oxygen atoms in total. The highest BCUT2D eigenvalue weighted by Gasteiger charge is 2.20. The lowest BCUT2D eigenvalue weighted by Crippen LogP contribution is -2.28. The maximum absolute atomic E-state index is 12.1. The topological polar surface area (TPSA) is 101 Å². The van der Waals surface area contributed by atoms with E-state index in [-0.39, 0.29) is 5.97 Å². The van der Waals surface area contributed by atoms with Gasteiger partial charge in [-0.15, -0.1) is 0 Å². The molecule has 3 rings (SSSR count). The van der Waals surface area contributed by atoms with E-state index in [4.69, 9.17) is 23.7 Å². The summed E-state index contributed by atoms with van der Waals surface area (Å²) in [6, 6.07) is 22.7. The number of hydrogen-bond acceptors (Lipinski definition) is 7. The highest BCUT2D eigenvalue weighted by Crippen LogP contribution is 2.17. The fourth-order valence-electron chi connectivity index (χ4n) is 4.58. The van der Waals surface area contributed by atoms with Gasteiger partial charge in [-0.05, 0) is 112 Å². The van der Waals surface area contributed by atoms with Gasteiger partial charge in [0, 0.05) is 37.2 Å². The van der Waals surface area contributed by atoms with E-state index in [1.807, 2.05) is 106 Å². The SMILES string of the molecule is CCOC(=O)C(Cc1ccc(OC/C=C(\C)C#Cc2cccc(C#C/C(C)=C/COc3ccc(CC(OCC)C(=O)O)cc3)c2)cc1)OCC. The van der Waals surface area contributed by atoms with Crippen LogP contribution in [0.3, 0.4) is 0 Å². The van der Waals surface area contributed by atoms with Crippen LogP contribution in [-0.4, -0.2) is 62.3 Å². The number of carboxylic acid groups (broad SMARTS) is 1. The lowest BCUT2D eigenvalue weighted by molar-refractivity contribution is -0.156. The zero-order valence-corrected chi connectivity index (χ0v) is 29.5. The molecule has 0 aliphatic rings. The molecule has 0 amide bonds. The van der Waals surface area contributed by atoms with Crippen molar-refractivity contribution in [2.45, 2.75) is 59.7 Å². The molecular weight excluding hydrogens is 632 g/mol. The third kappa shape index (κ3) is 14.5. The smallest absolute Gasteiger partial charge is 0.335 e. The molecule has 3 aromatic carbocycles. The van der Waals surface area contributed by atoms with Gasteiger partial charge in [-0.1, -0.05) is 54.0 Å². The van der Waals surface area contributed by atoms with E-state index in [1.54, 1.807) is 13.8 Å². The monoisotopic (exact) mass is 678 g/mol. The van der Waals surface area contributed by atoms with Gasteiger partial charge in [0.05, 0.1) is 6.61 Å². The van der Waals surface area contributed by atoms with E-state index >= 15 is 0 Å². The predicted molar refractivity (Wildman–Crippen MR) is 194 cm³/mol. The normalized spacial score (nSPS) is 12.4. The summed E-state index contributed by atoms with van der Waals surface area (Å²) in [6.45, 7) is 11.1. The van der Waals surface area contributed by atoms with Gasteiger partial charge in [-0.2, -0.15) is 0 Å². The minimum absolute atomic E-state index is 0.298. The Morgan fingerprint density at radius 2 is 1.14 bits per heavy atom. The molecule has 0 fully saturated rings. The quantitative estimate of drug-likeness (QED) is 0.121. The summed E-state index contributed by atoms with van der Waals surface area (Å²) in [5, 5.41) is 9.28. The summed E-state index contributed by atoms with van der Waals surface area (Å²) in [5.74, 6) is 12.8. The first-order valence-electron chi connectivity index (χ1n) is 16.7. The predicted octanol–water partition coefficient (Wildman–Crippen LogP) is 6.98. The average molecular weight is 679 g/mol. The Balaban J connectivity index is 1.47. The van der Waals surface area contributed by atoms with Crippen LogP contribution >= 0.6 is 0 Å². The Hall–Kier alpha value is -5.28. The number of allylic oxidation sites excluding steroid dienone is 2. The third-order valence-corrected chi connectivity index (χ3v) is 7.20. The van der Waals surface area contributed by atoms with Gasteiger partial charge in [0.2, 0.25) is 0 Å². The molecule has 0 saturated heterocycles. The second-order valence-electron chi connectivity index (χ2n) is 11.2. The van der Waals surface area contributed by atoms with Gasteiger partial charge in [0.25, 0.3) is 0 Å². The number of carbonyl (C=O) groups excluding carboxylic acids is 1. The molecule has 0 spiro atoms. The maximum atomic E-state index is 12.1. The van der Waals surface area contributed by atoms with E-state index in [0.717, 1.165) is 39.1 Å². The molecule has 1 N–H and O–H groups in total. The third-order valence-electron chi connectivity index (χ3n) is 7.20. The van der Waals surface area contributed by atoms with E-state index in [1.165, 1.54) is 0 Å². The zero-order chi connectivity index (χ0) is 36.1. The van der Waals surface area contributed by atoms with Crippen LogP contribution in [0.1, 0.15) is 56.9 Å². The van der Waals surface area contributed by atoms with E-state index < -0.39 is 18.2 Å². The Morgan fingerprint density at radius 1 is 0.680 bits per heavy atom. The molecule has 2 atom stereocenters. The average Bonchev–Trinajstić information content (AvgIpc) is 3.11. The molecule has 0 radical (unpaired) electrons. The number of esters is 1. The standard InChI is InChI=1S/C42H46O8/c1-6-46-39(41(43)44)29-35-16-20-37(21-17-35)49-26-24-31(4)12-14-33-10-9-11-34(28-33)15-13-32(5)25-27-50-38-22-18-36(19-23-38)30-40(47-7-2)42(45)48-8-3/h9-11,16-25,28,39-40H,6-8,26-27,29-30H2,1-5H3,(H,43,44)/b31-24+,32-25+. The summed E-state index contributed by atoms with van der Waals surface area (Å²) < 4.78 is 27.6. The van der Waals surface area contributed by atoms with Crippen molar-refractivity contribution in [3.05, 3.63) is 118 Å². The van der Waals surface area contributed by atoms with E-state index in [2.05, 4.69) is 23.7 Å². The van der Waals surface area contributed by atoms with E-state index in [0.29, 0.717) is 51.6 Å². The van der Waals surface area contributed by atoms with Gasteiger partial charge in [0.15, 0.2) is 12.2 Å². The van der Waals surface area contributed by atoms with Crippen LogP contribution in [-0.2, 0) is 36.6 Å². The van der Waals surface area contributed by atoms with Crippen LogP contribution in [0.25, 0.3) is 0 Å². The molecule has 0 aromatic heterocycles. The fourth-order valence-corrected chi connectivity index (χ4v) is 4.58.